The van der Waals surface area contributed by atoms with Crippen molar-refractivity contribution < 1.29 is 30.7 Å². The van der Waals surface area contributed by atoms with Gasteiger partial charge in [-0.15, -0.1) is 0 Å². The Labute approximate surface area is 121 Å². The smallest absolute Gasteiger partial charge is 0.349 e. The van der Waals surface area contributed by atoms with Gasteiger partial charge in [-0.25, -0.2) is 0 Å². The molecule has 0 radical (unpaired) electrons. The molecular weight excluding hydrogens is 317 g/mol. The molecule has 0 N–H and O–H groups in total. The molecule has 2 nitrogen and oxygen atoms in total. The number of alkyl halides is 7. The fourth-order valence-corrected chi connectivity index (χ4v) is 2.06. The number of amidine groups is 1. The van der Waals surface area contributed by atoms with E-state index in [-0.39, 0.29) is 19.6 Å². The van der Waals surface area contributed by atoms with Crippen molar-refractivity contribution >= 4 is 5.84 Å². The van der Waals surface area contributed by atoms with Crippen molar-refractivity contribution in [2.24, 2.45) is 4.99 Å². The Kier molecular flexibility index (Phi) is 4.09. The SMILES string of the molecule is FC(F)(F)C(F)(F)C(F)(F)C1=NCCN1Cc1ccccc1. The first-order chi connectivity index (χ1) is 10.1. The summed E-state index contributed by atoms with van der Waals surface area (Å²) in [5, 5.41) is 0. The summed E-state index contributed by atoms with van der Waals surface area (Å²) in [7, 11) is 0. The molecule has 2 rings (SSSR count). The molecule has 1 heterocycles. The predicted molar refractivity (Wildman–Crippen MR) is 65.1 cm³/mol. The Hall–Kier alpha value is -1.80. The van der Waals surface area contributed by atoms with Gasteiger partial charge in [0, 0.05) is 13.1 Å². The first-order valence-electron chi connectivity index (χ1n) is 6.23. The maximum absolute atomic E-state index is 13.7. The standard InChI is InChI=1S/C13H11F7N2/c14-11(15,12(16,17)13(18,19)20)10-21-6-7-22(10)8-9-4-2-1-3-5-9/h1-5H,6-8H2. The van der Waals surface area contributed by atoms with E-state index in [9.17, 15) is 30.7 Å². The second-order valence-electron chi connectivity index (χ2n) is 4.76. The molecule has 0 unspecified atom stereocenters. The third-order valence-corrected chi connectivity index (χ3v) is 3.18. The lowest BCUT2D eigenvalue weighted by Crippen LogP contribution is -2.59. The highest BCUT2D eigenvalue weighted by Gasteiger charge is 2.75. The van der Waals surface area contributed by atoms with Crippen LogP contribution in [0.1, 0.15) is 5.56 Å². The average Bonchev–Trinajstić information content (AvgIpc) is 2.87. The van der Waals surface area contributed by atoms with Crippen molar-refractivity contribution in [3.63, 3.8) is 0 Å². The van der Waals surface area contributed by atoms with Gasteiger partial charge < -0.3 is 4.90 Å². The third-order valence-electron chi connectivity index (χ3n) is 3.18. The molecule has 0 saturated carbocycles. The van der Waals surface area contributed by atoms with Crippen LogP contribution in [0.15, 0.2) is 35.3 Å². The predicted octanol–water partition coefficient (Wildman–Crippen LogP) is 3.73. The minimum atomic E-state index is -6.36. The minimum absolute atomic E-state index is 0.145. The summed E-state index contributed by atoms with van der Waals surface area (Å²) < 4.78 is 90.3. The molecule has 0 atom stereocenters. The van der Waals surface area contributed by atoms with E-state index in [1.165, 1.54) is 0 Å². The van der Waals surface area contributed by atoms with E-state index in [1.807, 2.05) is 0 Å². The fourth-order valence-electron chi connectivity index (χ4n) is 2.06. The maximum Gasteiger partial charge on any atom is 0.460 e. The Morgan fingerprint density at radius 2 is 1.55 bits per heavy atom. The van der Waals surface area contributed by atoms with Crippen molar-refractivity contribution in [1.29, 1.82) is 0 Å². The number of rotatable bonds is 4. The Balaban J connectivity index is 2.26. The zero-order valence-electron chi connectivity index (χ0n) is 11.0. The zero-order valence-corrected chi connectivity index (χ0v) is 11.0. The normalized spacial score (nSPS) is 16.9. The van der Waals surface area contributed by atoms with Gasteiger partial charge in [0.05, 0.1) is 6.54 Å². The molecule has 0 bridgehead atoms. The van der Waals surface area contributed by atoms with Crippen LogP contribution >= 0.6 is 0 Å². The quantitative estimate of drug-likeness (QED) is 0.769. The van der Waals surface area contributed by atoms with Gasteiger partial charge >= 0.3 is 18.0 Å². The second-order valence-corrected chi connectivity index (χ2v) is 4.76. The summed E-state index contributed by atoms with van der Waals surface area (Å²) in [5.74, 6) is -13.1. The molecule has 0 saturated heterocycles. The molecule has 0 fully saturated rings. The molecule has 9 heteroatoms. The van der Waals surface area contributed by atoms with Crippen LogP contribution in [0.2, 0.25) is 0 Å². The second kappa shape index (κ2) is 5.44. The molecule has 1 aromatic rings. The van der Waals surface area contributed by atoms with Gasteiger partial charge in [0.2, 0.25) is 0 Å². The molecule has 0 spiro atoms. The summed E-state index contributed by atoms with van der Waals surface area (Å²) in [6.07, 6.45) is -6.36. The van der Waals surface area contributed by atoms with Crippen LogP contribution in [0.25, 0.3) is 0 Å². The summed E-state index contributed by atoms with van der Waals surface area (Å²) >= 11 is 0. The number of hydrogen-bond acceptors (Lipinski definition) is 2. The summed E-state index contributed by atoms with van der Waals surface area (Å²) in [6, 6.07) is 7.97. The van der Waals surface area contributed by atoms with Crippen molar-refractivity contribution in [2.45, 2.75) is 24.6 Å². The van der Waals surface area contributed by atoms with Gasteiger partial charge in [-0.2, -0.15) is 30.7 Å². The fraction of sp³-hybridized carbons (Fsp3) is 0.462. The van der Waals surface area contributed by atoms with Crippen LogP contribution in [0.3, 0.4) is 0 Å². The third kappa shape index (κ3) is 2.76. The Bertz CT molecular complexity index is 551. The number of hydrogen-bond donors (Lipinski definition) is 0. The van der Waals surface area contributed by atoms with Crippen LogP contribution in [-0.2, 0) is 6.54 Å². The van der Waals surface area contributed by atoms with Crippen molar-refractivity contribution in [3.8, 4) is 0 Å². The van der Waals surface area contributed by atoms with Gasteiger partial charge in [0.25, 0.3) is 0 Å². The zero-order chi connectivity index (χ0) is 16.6. The van der Waals surface area contributed by atoms with E-state index in [1.54, 1.807) is 30.3 Å². The van der Waals surface area contributed by atoms with Crippen LogP contribution in [0, 0.1) is 0 Å². The van der Waals surface area contributed by atoms with Crippen LogP contribution in [0.4, 0.5) is 30.7 Å². The number of nitrogens with zero attached hydrogens (tertiary/aromatic N) is 2. The largest absolute Gasteiger partial charge is 0.460 e. The molecule has 1 aliphatic rings. The molecule has 1 aromatic carbocycles. The molecular formula is C13H11F7N2. The molecule has 1 aliphatic heterocycles. The number of benzene rings is 1. The van der Waals surface area contributed by atoms with Crippen molar-refractivity contribution in [1.82, 2.24) is 4.90 Å². The highest BCUT2D eigenvalue weighted by atomic mass is 19.4. The van der Waals surface area contributed by atoms with E-state index in [2.05, 4.69) is 4.99 Å². The van der Waals surface area contributed by atoms with Crippen LogP contribution in [-0.4, -0.2) is 41.8 Å². The van der Waals surface area contributed by atoms with Gasteiger partial charge in [0.1, 0.15) is 0 Å². The first-order valence-corrected chi connectivity index (χ1v) is 6.23. The van der Waals surface area contributed by atoms with E-state index < -0.39 is 23.9 Å². The minimum Gasteiger partial charge on any atom is -0.349 e. The van der Waals surface area contributed by atoms with Gasteiger partial charge in [-0.05, 0) is 5.56 Å². The summed E-state index contributed by atoms with van der Waals surface area (Å²) in [6.45, 7) is -0.622. The van der Waals surface area contributed by atoms with Gasteiger partial charge in [-0.1, -0.05) is 30.3 Å². The summed E-state index contributed by atoms with van der Waals surface area (Å²) in [4.78, 5) is 3.92. The van der Waals surface area contributed by atoms with E-state index in [4.69, 9.17) is 0 Å². The number of halogens is 7. The highest BCUT2D eigenvalue weighted by Crippen LogP contribution is 2.48. The lowest BCUT2D eigenvalue weighted by molar-refractivity contribution is -0.337. The van der Waals surface area contributed by atoms with Gasteiger partial charge in [0.15, 0.2) is 5.84 Å². The lowest BCUT2D eigenvalue weighted by atomic mass is 10.1. The summed E-state index contributed by atoms with van der Waals surface area (Å²) in [5.41, 5.74) is 0.503. The molecule has 122 valence electrons. The van der Waals surface area contributed by atoms with E-state index >= 15 is 0 Å². The lowest BCUT2D eigenvalue weighted by Gasteiger charge is -2.32. The Morgan fingerprint density at radius 3 is 2.09 bits per heavy atom. The van der Waals surface area contributed by atoms with E-state index in [0.29, 0.717) is 5.56 Å². The molecule has 22 heavy (non-hydrogen) atoms. The van der Waals surface area contributed by atoms with Crippen LogP contribution < -0.4 is 0 Å². The first kappa shape index (κ1) is 16.6. The van der Waals surface area contributed by atoms with Crippen molar-refractivity contribution in [3.05, 3.63) is 35.9 Å². The topological polar surface area (TPSA) is 15.6 Å². The molecule has 0 aliphatic carbocycles. The van der Waals surface area contributed by atoms with Crippen LogP contribution in [0.5, 0.6) is 0 Å². The van der Waals surface area contributed by atoms with Crippen molar-refractivity contribution in [2.75, 3.05) is 13.1 Å². The molecule has 0 aromatic heterocycles. The monoisotopic (exact) mass is 328 g/mol. The molecule has 0 amide bonds. The highest BCUT2D eigenvalue weighted by molar-refractivity contribution is 5.91. The average molecular weight is 328 g/mol. The number of aliphatic imine (C=N–C) groups is 1. The maximum atomic E-state index is 13.7. The van der Waals surface area contributed by atoms with Gasteiger partial charge in [-0.3, -0.25) is 4.99 Å². The Morgan fingerprint density at radius 1 is 0.955 bits per heavy atom. The van der Waals surface area contributed by atoms with E-state index in [0.717, 1.165) is 4.90 Å².